The fourth-order valence-electron chi connectivity index (χ4n) is 1.74. The lowest BCUT2D eigenvalue weighted by Gasteiger charge is -2.10. The molecule has 1 aromatic carbocycles. The number of carbonyl (C=O) groups is 1. The Hall–Kier alpha value is -2.07. The standard InChI is InChI=1S/C15H14ClNO3/c1-11(18)12-5-6-14(13(16)10-12)20-9-8-17-7-3-2-4-15(17)19/h2-7,10H,8-9H2,1H3. The first kappa shape index (κ1) is 14.3. The summed E-state index contributed by atoms with van der Waals surface area (Å²) in [6.07, 6.45) is 1.70. The SMILES string of the molecule is CC(=O)c1ccc(OCCn2ccccc2=O)c(Cl)c1. The number of benzene rings is 1. The molecule has 0 aliphatic heterocycles. The summed E-state index contributed by atoms with van der Waals surface area (Å²) in [6.45, 7) is 2.24. The Balaban J connectivity index is 2.00. The van der Waals surface area contributed by atoms with Gasteiger partial charge in [0.15, 0.2) is 5.78 Å². The van der Waals surface area contributed by atoms with Gasteiger partial charge in [0, 0.05) is 17.8 Å². The first-order valence-corrected chi connectivity index (χ1v) is 6.54. The van der Waals surface area contributed by atoms with E-state index in [0.29, 0.717) is 29.5 Å². The molecule has 0 unspecified atom stereocenters. The predicted octanol–water partition coefficient (Wildman–Crippen LogP) is 2.78. The van der Waals surface area contributed by atoms with Crippen molar-refractivity contribution in [2.75, 3.05) is 6.61 Å². The Morgan fingerprint density at radius 2 is 2.10 bits per heavy atom. The van der Waals surface area contributed by atoms with Gasteiger partial charge in [-0.25, -0.2) is 0 Å². The van der Waals surface area contributed by atoms with Crippen LogP contribution in [0.4, 0.5) is 0 Å². The fraction of sp³-hybridized carbons (Fsp3) is 0.200. The van der Waals surface area contributed by atoms with Crippen LogP contribution in [0.15, 0.2) is 47.4 Å². The highest BCUT2D eigenvalue weighted by atomic mass is 35.5. The molecule has 0 bridgehead atoms. The van der Waals surface area contributed by atoms with Crippen LogP contribution in [0.25, 0.3) is 0 Å². The van der Waals surface area contributed by atoms with E-state index in [1.54, 1.807) is 41.1 Å². The third-order valence-electron chi connectivity index (χ3n) is 2.83. The van der Waals surface area contributed by atoms with E-state index in [1.165, 1.54) is 13.0 Å². The minimum Gasteiger partial charge on any atom is -0.490 e. The average molecular weight is 292 g/mol. The number of rotatable bonds is 5. The van der Waals surface area contributed by atoms with Gasteiger partial charge >= 0.3 is 0 Å². The summed E-state index contributed by atoms with van der Waals surface area (Å²) in [5, 5.41) is 0.387. The third-order valence-corrected chi connectivity index (χ3v) is 3.12. The van der Waals surface area contributed by atoms with E-state index in [1.807, 2.05) is 0 Å². The minimum absolute atomic E-state index is 0.0470. The molecule has 0 saturated heterocycles. The van der Waals surface area contributed by atoms with Gasteiger partial charge in [0.25, 0.3) is 5.56 Å². The van der Waals surface area contributed by atoms with Gasteiger partial charge in [0.1, 0.15) is 12.4 Å². The monoisotopic (exact) mass is 291 g/mol. The maximum absolute atomic E-state index is 11.5. The van der Waals surface area contributed by atoms with Gasteiger partial charge in [-0.15, -0.1) is 0 Å². The molecular formula is C15H14ClNO3. The normalized spacial score (nSPS) is 10.3. The van der Waals surface area contributed by atoms with Crippen LogP contribution >= 0.6 is 11.6 Å². The lowest BCUT2D eigenvalue weighted by Crippen LogP contribution is -2.21. The van der Waals surface area contributed by atoms with Gasteiger partial charge in [0.2, 0.25) is 0 Å². The fourth-order valence-corrected chi connectivity index (χ4v) is 1.97. The summed E-state index contributed by atoms with van der Waals surface area (Å²) in [4.78, 5) is 22.7. The van der Waals surface area contributed by atoms with Gasteiger partial charge in [0.05, 0.1) is 11.6 Å². The molecule has 2 aromatic rings. The van der Waals surface area contributed by atoms with Gasteiger partial charge in [-0.2, -0.15) is 0 Å². The van der Waals surface area contributed by atoms with Crippen LogP contribution in [0, 0.1) is 0 Å². The average Bonchev–Trinajstić information content (AvgIpc) is 2.42. The molecule has 2 rings (SSSR count). The zero-order valence-electron chi connectivity index (χ0n) is 11.0. The topological polar surface area (TPSA) is 48.3 Å². The van der Waals surface area contributed by atoms with E-state index in [0.717, 1.165) is 0 Å². The Kier molecular flexibility index (Phi) is 4.58. The number of hydrogen-bond donors (Lipinski definition) is 0. The maximum Gasteiger partial charge on any atom is 0.250 e. The lowest BCUT2D eigenvalue weighted by molar-refractivity contribution is 0.101. The number of ketones is 1. The summed E-state index contributed by atoms with van der Waals surface area (Å²) >= 11 is 6.04. The Morgan fingerprint density at radius 3 is 2.75 bits per heavy atom. The number of halogens is 1. The van der Waals surface area contributed by atoms with Crippen molar-refractivity contribution in [2.24, 2.45) is 0 Å². The lowest BCUT2D eigenvalue weighted by atomic mass is 10.1. The van der Waals surface area contributed by atoms with E-state index >= 15 is 0 Å². The van der Waals surface area contributed by atoms with Crippen LogP contribution in [0.2, 0.25) is 5.02 Å². The third kappa shape index (κ3) is 3.48. The second kappa shape index (κ2) is 6.39. The summed E-state index contributed by atoms with van der Waals surface area (Å²) in [7, 11) is 0. The Bertz CT molecular complexity index is 679. The number of carbonyl (C=O) groups excluding carboxylic acids is 1. The molecule has 0 fully saturated rings. The maximum atomic E-state index is 11.5. The Labute approximate surface area is 121 Å². The highest BCUT2D eigenvalue weighted by molar-refractivity contribution is 6.32. The molecule has 4 nitrogen and oxygen atoms in total. The van der Waals surface area contributed by atoms with Crippen LogP contribution in [0.5, 0.6) is 5.75 Å². The van der Waals surface area contributed by atoms with Crippen molar-refractivity contribution in [2.45, 2.75) is 13.5 Å². The molecule has 0 spiro atoms. The summed E-state index contributed by atoms with van der Waals surface area (Å²) in [6, 6.07) is 9.88. The second-order valence-electron chi connectivity index (χ2n) is 4.28. The molecule has 0 aliphatic carbocycles. The number of nitrogens with zero attached hydrogens (tertiary/aromatic N) is 1. The first-order chi connectivity index (χ1) is 9.58. The van der Waals surface area contributed by atoms with Gasteiger partial charge in [-0.1, -0.05) is 17.7 Å². The molecule has 104 valence electrons. The van der Waals surface area contributed by atoms with Crippen LogP contribution in [-0.2, 0) is 6.54 Å². The van der Waals surface area contributed by atoms with Gasteiger partial charge in [-0.3, -0.25) is 9.59 Å². The van der Waals surface area contributed by atoms with E-state index in [4.69, 9.17) is 16.3 Å². The van der Waals surface area contributed by atoms with Crippen LogP contribution in [0.3, 0.4) is 0 Å². The molecular weight excluding hydrogens is 278 g/mol. The number of aromatic nitrogens is 1. The summed E-state index contributed by atoms with van der Waals surface area (Å²) in [5.41, 5.74) is 0.468. The minimum atomic E-state index is -0.0749. The number of ether oxygens (including phenoxy) is 1. The molecule has 0 atom stereocenters. The van der Waals surface area contributed by atoms with Crippen LogP contribution in [-0.4, -0.2) is 17.0 Å². The molecule has 0 aliphatic rings. The van der Waals surface area contributed by atoms with Crippen molar-refractivity contribution < 1.29 is 9.53 Å². The smallest absolute Gasteiger partial charge is 0.250 e. The van der Waals surface area contributed by atoms with Crippen LogP contribution < -0.4 is 10.3 Å². The number of Topliss-reactive ketones (excluding diaryl/α,β-unsaturated/α-hetero) is 1. The predicted molar refractivity (Wildman–Crippen MR) is 77.7 cm³/mol. The molecule has 0 saturated carbocycles. The van der Waals surface area contributed by atoms with Crippen molar-refractivity contribution in [3.8, 4) is 5.75 Å². The zero-order chi connectivity index (χ0) is 14.5. The highest BCUT2D eigenvalue weighted by Gasteiger charge is 2.06. The number of hydrogen-bond acceptors (Lipinski definition) is 3. The molecule has 0 amide bonds. The molecule has 1 aromatic heterocycles. The van der Waals surface area contributed by atoms with Crippen molar-refractivity contribution in [1.82, 2.24) is 4.57 Å². The van der Waals surface area contributed by atoms with Crippen molar-refractivity contribution in [3.05, 3.63) is 63.5 Å². The zero-order valence-corrected chi connectivity index (χ0v) is 11.8. The van der Waals surface area contributed by atoms with E-state index < -0.39 is 0 Å². The van der Waals surface area contributed by atoms with Gasteiger partial charge in [-0.05, 0) is 31.2 Å². The van der Waals surface area contributed by atoms with E-state index in [2.05, 4.69) is 0 Å². The van der Waals surface area contributed by atoms with Crippen molar-refractivity contribution in [1.29, 1.82) is 0 Å². The van der Waals surface area contributed by atoms with Crippen molar-refractivity contribution >= 4 is 17.4 Å². The largest absolute Gasteiger partial charge is 0.490 e. The number of pyridine rings is 1. The second-order valence-corrected chi connectivity index (χ2v) is 4.69. The van der Waals surface area contributed by atoms with Gasteiger partial charge < -0.3 is 9.30 Å². The van der Waals surface area contributed by atoms with E-state index in [-0.39, 0.29) is 11.3 Å². The molecule has 0 N–H and O–H groups in total. The molecule has 5 heteroatoms. The van der Waals surface area contributed by atoms with Crippen LogP contribution in [0.1, 0.15) is 17.3 Å². The molecule has 20 heavy (non-hydrogen) atoms. The Morgan fingerprint density at radius 1 is 1.30 bits per heavy atom. The van der Waals surface area contributed by atoms with E-state index in [9.17, 15) is 9.59 Å². The highest BCUT2D eigenvalue weighted by Crippen LogP contribution is 2.25. The first-order valence-electron chi connectivity index (χ1n) is 6.16. The molecule has 1 heterocycles. The summed E-state index contributed by atoms with van der Waals surface area (Å²) < 4.78 is 7.08. The summed E-state index contributed by atoms with van der Waals surface area (Å²) in [5.74, 6) is 0.454. The quantitative estimate of drug-likeness (QED) is 0.796. The molecule has 0 radical (unpaired) electrons. The van der Waals surface area contributed by atoms with Crippen molar-refractivity contribution in [3.63, 3.8) is 0 Å².